The molecule has 0 bridgehead atoms. The van der Waals surface area contributed by atoms with E-state index in [1.54, 1.807) is 6.08 Å². The molecule has 0 saturated heterocycles. The molecule has 1 heteroatoms. The fraction of sp³-hybridized carbons (Fsp3) is 0.545. The Bertz CT molecular complexity index is 162. The molecule has 0 aromatic carbocycles. The van der Waals surface area contributed by atoms with E-state index >= 15 is 0 Å². The van der Waals surface area contributed by atoms with Gasteiger partial charge in [-0.25, -0.2) is 0 Å². The second-order valence-corrected chi connectivity index (χ2v) is 3.13. The molecule has 0 amide bonds. The molecule has 68 valence electrons. The normalized spacial score (nSPS) is 10.2. The Kier molecular flexibility index (Phi) is 7.66. The number of hydrogen-bond donors (Lipinski definition) is 0. The van der Waals surface area contributed by atoms with E-state index in [1.165, 1.54) is 18.4 Å². The van der Waals surface area contributed by atoms with Gasteiger partial charge in [-0.15, -0.1) is 0 Å². The number of allylic oxidation sites excluding steroid dienone is 4. The lowest BCUT2D eigenvalue weighted by molar-refractivity contribution is -0.104. The van der Waals surface area contributed by atoms with Crippen LogP contribution in [0.15, 0.2) is 23.8 Å². The van der Waals surface area contributed by atoms with E-state index in [4.69, 9.17) is 0 Å². The van der Waals surface area contributed by atoms with Crippen molar-refractivity contribution in [3.8, 4) is 0 Å². The molecule has 0 saturated carbocycles. The van der Waals surface area contributed by atoms with Crippen molar-refractivity contribution in [2.24, 2.45) is 0 Å². The monoisotopic (exact) mass is 166 g/mol. The Morgan fingerprint density at radius 1 is 1.17 bits per heavy atom. The first kappa shape index (κ1) is 11.2. The average molecular weight is 166 g/mol. The van der Waals surface area contributed by atoms with Crippen molar-refractivity contribution < 1.29 is 4.79 Å². The highest BCUT2D eigenvalue weighted by molar-refractivity contribution is 5.64. The summed E-state index contributed by atoms with van der Waals surface area (Å²) in [5.74, 6) is 0. The third-order valence-electron chi connectivity index (χ3n) is 1.59. The van der Waals surface area contributed by atoms with E-state index in [2.05, 4.69) is 19.9 Å². The van der Waals surface area contributed by atoms with Gasteiger partial charge in [0.2, 0.25) is 0 Å². The number of hydrogen-bond acceptors (Lipinski definition) is 1. The minimum absolute atomic E-state index is 0.829. The van der Waals surface area contributed by atoms with Gasteiger partial charge in [0.15, 0.2) is 0 Å². The van der Waals surface area contributed by atoms with Crippen LogP contribution in [0, 0.1) is 0 Å². The van der Waals surface area contributed by atoms with E-state index in [-0.39, 0.29) is 0 Å². The predicted molar refractivity (Wildman–Crippen MR) is 53.1 cm³/mol. The Labute approximate surface area is 75.2 Å². The van der Waals surface area contributed by atoms with Crippen LogP contribution in [-0.2, 0) is 4.79 Å². The van der Waals surface area contributed by atoms with E-state index in [0.29, 0.717) is 0 Å². The summed E-state index contributed by atoms with van der Waals surface area (Å²) in [6, 6.07) is 0. The number of aldehydes is 1. The van der Waals surface area contributed by atoms with Crippen molar-refractivity contribution in [1.29, 1.82) is 0 Å². The highest BCUT2D eigenvalue weighted by Crippen LogP contribution is 2.03. The fourth-order valence-corrected chi connectivity index (χ4v) is 0.949. The molecule has 0 atom stereocenters. The summed E-state index contributed by atoms with van der Waals surface area (Å²) < 4.78 is 0. The molecule has 0 aromatic rings. The van der Waals surface area contributed by atoms with Gasteiger partial charge in [-0.05, 0) is 45.6 Å². The summed E-state index contributed by atoms with van der Waals surface area (Å²) in [5.41, 5.74) is 1.39. The fourth-order valence-electron chi connectivity index (χ4n) is 0.949. The molecule has 0 radical (unpaired) electrons. The predicted octanol–water partition coefficient (Wildman–Crippen LogP) is 3.27. The van der Waals surface area contributed by atoms with Crippen LogP contribution in [0.2, 0.25) is 0 Å². The molecule has 0 aliphatic rings. The van der Waals surface area contributed by atoms with Gasteiger partial charge in [0.05, 0.1) is 0 Å². The number of unbranched alkanes of at least 4 members (excludes halogenated alkanes) is 3. The van der Waals surface area contributed by atoms with Crippen LogP contribution >= 0.6 is 0 Å². The van der Waals surface area contributed by atoms with Gasteiger partial charge < -0.3 is 0 Å². The van der Waals surface area contributed by atoms with Gasteiger partial charge >= 0.3 is 0 Å². The maximum atomic E-state index is 9.89. The first-order chi connectivity index (χ1) is 5.77. The Hall–Kier alpha value is -0.850. The minimum Gasteiger partial charge on any atom is -0.299 e. The van der Waals surface area contributed by atoms with Crippen LogP contribution in [0.1, 0.15) is 39.5 Å². The smallest absolute Gasteiger partial charge is 0.142 e. The zero-order valence-corrected chi connectivity index (χ0v) is 8.05. The van der Waals surface area contributed by atoms with E-state index in [9.17, 15) is 4.79 Å². The average Bonchev–Trinajstić information content (AvgIpc) is 2.02. The molecule has 0 fully saturated rings. The lowest BCUT2D eigenvalue weighted by Gasteiger charge is -1.93. The summed E-state index contributed by atoms with van der Waals surface area (Å²) in [4.78, 5) is 9.89. The van der Waals surface area contributed by atoms with Crippen molar-refractivity contribution in [2.75, 3.05) is 0 Å². The maximum Gasteiger partial charge on any atom is 0.142 e. The third-order valence-corrected chi connectivity index (χ3v) is 1.59. The molecule has 0 spiro atoms. The van der Waals surface area contributed by atoms with Crippen LogP contribution in [0.5, 0.6) is 0 Å². The second kappa shape index (κ2) is 8.25. The molecule has 0 N–H and O–H groups in total. The summed E-state index contributed by atoms with van der Waals surface area (Å²) in [6.45, 7) is 4.23. The standard InChI is InChI=1S/C11H18O/c1-11(2)9-7-5-3-4-6-8-10-12/h6,8-10H,3-5,7H2,1-2H3/b8-6+. The van der Waals surface area contributed by atoms with E-state index in [0.717, 1.165) is 19.1 Å². The maximum absolute atomic E-state index is 9.89. The topological polar surface area (TPSA) is 17.1 Å². The first-order valence-corrected chi connectivity index (χ1v) is 4.51. The minimum atomic E-state index is 0.829. The molecule has 0 aliphatic heterocycles. The van der Waals surface area contributed by atoms with Gasteiger partial charge in [0, 0.05) is 0 Å². The number of carbonyl (C=O) groups excluding carboxylic acids is 1. The molecule has 0 aromatic heterocycles. The van der Waals surface area contributed by atoms with E-state index in [1.807, 2.05) is 6.08 Å². The lowest BCUT2D eigenvalue weighted by Crippen LogP contribution is -1.74. The molecule has 0 rings (SSSR count). The van der Waals surface area contributed by atoms with Gasteiger partial charge in [0.25, 0.3) is 0 Å². The molecule has 0 heterocycles. The molecule has 12 heavy (non-hydrogen) atoms. The third kappa shape index (κ3) is 9.15. The van der Waals surface area contributed by atoms with Crippen LogP contribution in [0.3, 0.4) is 0 Å². The zero-order chi connectivity index (χ0) is 9.23. The highest BCUT2D eigenvalue weighted by Gasteiger charge is 1.83. The van der Waals surface area contributed by atoms with Crippen LogP contribution in [0.25, 0.3) is 0 Å². The zero-order valence-electron chi connectivity index (χ0n) is 8.05. The van der Waals surface area contributed by atoms with Gasteiger partial charge in [-0.1, -0.05) is 17.7 Å². The Balaban J connectivity index is 3.16. The van der Waals surface area contributed by atoms with Crippen molar-refractivity contribution in [3.63, 3.8) is 0 Å². The molecular formula is C11H18O. The van der Waals surface area contributed by atoms with Crippen molar-refractivity contribution in [2.45, 2.75) is 39.5 Å². The number of carbonyl (C=O) groups is 1. The van der Waals surface area contributed by atoms with Crippen LogP contribution in [-0.4, -0.2) is 6.29 Å². The lowest BCUT2D eigenvalue weighted by atomic mass is 10.1. The quantitative estimate of drug-likeness (QED) is 0.256. The van der Waals surface area contributed by atoms with Crippen LogP contribution < -0.4 is 0 Å². The summed E-state index contributed by atoms with van der Waals surface area (Å²) in [6.07, 6.45) is 11.2. The van der Waals surface area contributed by atoms with Gasteiger partial charge in [-0.2, -0.15) is 0 Å². The summed E-state index contributed by atoms with van der Waals surface area (Å²) in [5, 5.41) is 0. The van der Waals surface area contributed by atoms with Crippen molar-refractivity contribution in [3.05, 3.63) is 23.8 Å². The molecule has 0 unspecified atom stereocenters. The Morgan fingerprint density at radius 2 is 1.83 bits per heavy atom. The highest BCUT2D eigenvalue weighted by atomic mass is 16.1. The van der Waals surface area contributed by atoms with Crippen LogP contribution in [0.4, 0.5) is 0 Å². The van der Waals surface area contributed by atoms with Gasteiger partial charge in [-0.3, -0.25) is 4.79 Å². The molecule has 1 nitrogen and oxygen atoms in total. The van der Waals surface area contributed by atoms with E-state index < -0.39 is 0 Å². The second-order valence-electron chi connectivity index (χ2n) is 3.13. The Morgan fingerprint density at radius 3 is 2.42 bits per heavy atom. The summed E-state index contributed by atoms with van der Waals surface area (Å²) in [7, 11) is 0. The largest absolute Gasteiger partial charge is 0.299 e. The SMILES string of the molecule is CC(C)=CCCCC/C=C/C=O. The number of rotatable bonds is 6. The summed E-state index contributed by atoms with van der Waals surface area (Å²) >= 11 is 0. The molecular weight excluding hydrogens is 148 g/mol. The van der Waals surface area contributed by atoms with Crippen molar-refractivity contribution in [1.82, 2.24) is 0 Å². The molecule has 0 aliphatic carbocycles. The first-order valence-electron chi connectivity index (χ1n) is 4.51. The van der Waals surface area contributed by atoms with Gasteiger partial charge in [0.1, 0.15) is 6.29 Å². The van der Waals surface area contributed by atoms with Crippen molar-refractivity contribution >= 4 is 6.29 Å².